The fourth-order valence-electron chi connectivity index (χ4n) is 4.63. The van der Waals surface area contributed by atoms with Gasteiger partial charge in [0.15, 0.2) is 0 Å². The highest BCUT2D eigenvalue weighted by atomic mass is 19.1. The Labute approximate surface area is 160 Å². The maximum Gasteiger partial charge on any atom is 0.251 e. The Morgan fingerprint density at radius 3 is 2.30 bits per heavy atom. The first-order valence-electron chi connectivity index (χ1n) is 9.96. The number of hydrogen-bond donors (Lipinski definition) is 1. The molecule has 2 atom stereocenters. The first kappa shape index (κ1) is 18.2. The standard InChI is InChI=1S/C23H27FN2O/c1-16-5-7-17(8-6-16)15-26-21-3-2-4-22(26)14-20(13-21)25-23(27)18-9-11-19(24)12-10-18/h5-12,20-22H,2-4,13-15H2,1H3,(H,25,27)/t21-,22-/m0/s1. The summed E-state index contributed by atoms with van der Waals surface area (Å²) < 4.78 is 13.1. The zero-order valence-electron chi connectivity index (χ0n) is 15.8. The number of nitrogens with one attached hydrogen (secondary N) is 1. The maximum atomic E-state index is 13.1. The van der Waals surface area contributed by atoms with Crippen LogP contribution < -0.4 is 5.32 Å². The lowest BCUT2D eigenvalue weighted by atomic mass is 9.81. The van der Waals surface area contributed by atoms with Crippen LogP contribution in [0.25, 0.3) is 0 Å². The van der Waals surface area contributed by atoms with E-state index in [9.17, 15) is 9.18 Å². The molecule has 0 saturated carbocycles. The Morgan fingerprint density at radius 1 is 1.04 bits per heavy atom. The van der Waals surface area contributed by atoms with E-state index >= 15 is 0 Å². The summed E-state index contributed by atoms with van der Waals surface area (Å²) in [6.45, 7) is 3.11. The molecule has 2 saturated heterocycles. The number of rotatable bonds is 4. The molecule has 3 nitrogen and oxygen atoms in total. The lowest BCUT2D eigenvalue weighted by Gasteiger charge is -2.49. The monoisotopic (exact) mass is 366 g/mol. The van der Waals surface area contributed by atoms with E-state index in [2.05, 4.69) is 41.4 Å². The molecule has 0 radical (unpaired) electrons. The van der Waals surface area contributed by atoms with E-state index in [-0.39, 0.29) is 17.8 Å². The highest BCUT2D eigenvalue weighted by Gasteiger charge is 2.38. The number of halogens is 1. The number of nitrogens with zero attached hydrogens (tertiary/aromatic N) is 1. The number of hydrogen-bond acceptors (Lipinski definition) is 2. The van der Waals surface area contributed by atoms with Crippen molar-refractivity contribution in [2.24, 2.45) is 0 Å². The summed E-state index contributed by atoms with van der Waals surface area (Å²) >= 11 is 0. The van der Waals surface area contributed by atoms with E-state index in [0.29, 0.717) is 17.6 Å². The second kappa shape index (κ2) is 7.81. The fourth-order valence-corrected chi connectivity index (χ4v) is 4.63. The van der Waals surface area contributed by atoms with Crippen LogP contribution in [-0.4, -0.2) is 28.9 Å². The third-order valence-electron chi connectivity index (χ3n) is 6.05. The van der Waals surface area contributed by atoms with Gasteiger partial charge < -0.3 is 5.32 Å². The second-order valence-corrected chi connectivity index (χ2v) is 8.05. The quantitative estimate of drug-likeness (QED) is 0.867. The van der Waals surface area contributed by atoms with Gasteiger partial charge in [-0.25, -0.2) is 4.39 Å². The number of benzene rings is 2. The van der Waals surface area contributed by atoms with Crippen molar-refractivity contribution >= 4 is 5.91 Å². The largest absolute Gasteiger partial charge is 0.349 e. The molecule has 4 rings (SSSR count). The minimum absolute atomic E-state index is 0.0925. The van der Waals surface area contributed by atoms with Crippen molar-refractivity contribution in [1.82, 2.24) is 10.2 Å². The molecule has 0 aromatic heterocycles. The Balaban J connectivity index is 1.40. The Bertz CT molecular complexity index is 773. The summed E-state index contributed by atoms with van der Waals surface area (Å²) in [5, 5.41) is 3.19. The molecule has 1 N–H and O–H groups in total. The Kier molecular flexibility index (Phi) is 5.26. The van der Waals surface area contributed by atoms with Gasteiger partial charge in [0.1, 0.15) is 5.82 Å². The number of piperidine rings is 2. The zero-order chi connectivity index (χ0) is 18.8. The molecule has 2 fully saturated rings. The molecule has 142 valence electrons. The number of amides is 1. The van der Waals surface area contributed by atoms with Gasteiger partial charge in [-0.05, 0) is 62.4 Å². The third kappa shape index (κ3) is 4.22. The van der Waals surface area contributed by atoms with E-state index in [4.69, 9.17) is 0 Å². The smallest absolute Gasteiger partial charge is 0.251 e. The SMILES string of the molecule is Cc1ccc(CN2[C@H]3CCC[C@H]2CC(NC(=O)c2ccc(F)cc2)C3)cc1. The van der Waals surface area contributed by atoms with Gasteiger partial charge in [-0.1, -0.05) is 36.2 Å². The minimum Gasteiger partial charge on any atom is -0.349 e. The minimum atomic E-state index is -0.314. The second-order valence-electron chi connectivity index (χ2n) is 8.05. The first-order chi connectivity index (χ1) is 13.1. The topological polar surface area (TPSA) is 32.3 Å². The van der Waals surface area contributed by atoms with Crippen LogP contribution in [-0.2, 0) is 6.54 Å². The van der Waals surface area contributed by atoms with Crippen molar-refractivity contribution in [3.05, 3.63) is 71.0 Å². The van der Waals surface area contributed by atoms with E-state index in [0.717, 1.165) is 19.4 Å². The summed E-state index contributed by atoms with van der Waals surface area (Å²) in [6, 6.07) is 15.9. The molecule has 27 heavy (non-hydrogen) atoms. The maximum absolute atomic E-state index is 13.1. The highest BCUT2D eigenvalue weighted by molar-refractivity contribution is 5.94. The van der Waals surface area contributed by atoms with Gasteiger partial charge in [-0.15, -0.1) is 0 Å². The molecule has 4 heteroatoms. The van der Waals surface area contributed by atoms with E-state index in [1.54, 1.807) is 12.1 Å². The highest BCUT2D eigenvalue weighted by Crippen LogP contribution is 2.35. The summed E-state index contributed by atoms with van der Waals surface area (Å²) in [6.07, 6.45) is 5.67. The van der Waals surface area contributed by atoms with Crippen LogP contribution in [0.5, 0.6) is 0 Å². The van der Waals surface area contributed by atoms with Crippen LogP contribution in [0.2, 0.25) is 0 Å². The molecule has 2 heterocycles. The summed E-state index contributed by atoms with van der Waals surface area (Å²) in [5.41, 5.74) is 3.19. The van der Waals surface area contributed by atoms with E-state index < -0.39 is 0 Å². The van der Waals surface area contributed by atoms with Crippen molar-refractivity contribution in [2.75, 3.05) is 0 Å². The van der Waals surface area contributed by atoms with Gasteiger partial charge >= 0.3 is 0 Å². The van der Waals surface area contributed by atoms with Crippen LogP contribution in [0.4, 0.5) is 4.39 Å². The van der Waals surface area contributed by atoms with Crippen LogP contribution in [0.1, 0.15) is 53.6 Å². The van der Waals surface area contributed by atoms with Crippen LogP contribution in [0, 0.1) is 12.7 Å². The number of carbonyl (C=O) groups excluding carboxylic acids is 1. The van der Waals surface area contributed by atoms with Crippen LogP contribution in [0.3, 0.4) is 0 Å². The predicted molar refractivity (Wildman–Crippen MR) is 105 cm³/mol. The summed E-state index contributed by atoms with van der Waals surface area (Å²) in [5.74, 6) is -0.407. The van der Waals surface area contributed by atoms with Crippen LogP contribution >= 0.6 is 0 Å². The Hall–Kier alpha value is -2.20. The average Bonchev–Trinajstić information content (AvgIpc) is 2.64. The molecule has 2 aromatic rings. The van der Waals surface area contributed by atoms with Gasteiger partial charge in [0.05, 0.1) is 0 Å². The molecule has 2 aromatic carbocycles. The number of carbonyl (C=O) groups is 1. The van der Waals surface area contributed by atoms with Gasteiger partial charge in [0.2, 0.25) is 0 Å². The van der Waals surface area contributed by atoms with E-state index in [1.165, 1.54) is 42.5 Å². The summed E-state index contributed by atoms with van der Waals surface area (Å²) in [7, 11) is 0. The first-order valence-corrected chi connectivity index (χ1v) is 9.96. The molecule has 2 aliphatic heterocycles. The molecule has 0 aliphatic carbocycles. The number of fused-ring (bicyclic) bond motifs is 2. The molecular formula is C23H27FN2O. The van der Waals surface area contributed by atoms with Crippen molar-refractivity contribution in [3.63, 3.8) is 0 Å². The Morgan fingerprint density at radius 2 is 1.67 bits per heavy atom. The van der Waals surface area contributed by atoms with Crippen molar-refractivity contribution in [1.29, 1.82) is 0 Å². The average molecular weight is 366 g/mol. The van der Waals surface area contributed by atoms with Gasteiger partial charge in [-0.2, -0.15) is 0 Å². The summed E-state index contributed by atoms with van der Waals surface area (Å²) in [4.78, 5) is 15.1. The lowest BCUT2D eigenvalue weighted by Crippen LogP contribution is -2.56. The fraction of sp³-hybridized carbons (Fsp3) is 0.435. The molecule has 2 bridgehead atoms. The van der Waals surface area contributed by atoms with Crippen molar-refractivity contribution in [2.45, 2.75) is 63.7 Å². The van der Waals surface area contributed by atoms with E-state index in [1.807, 2.05) is 0 Å². The third-order valence-corrected chi connectivity index (χ3v) is 6.05. The molecule has 0 spiro atoms. The zero-order valence-corrected chi connectivity index (χ0v) is 15.8. The predicted octanol–water partition coefficient (Wildman–Crippen LogP) is 4.45. The molecular weight excluding hydrogens is 339 g/mol. The molecule has 0 unspecified atom stereocenters. The molecule has 1 amide bonds. The van der Waals surface area contributed by atoms with Crippen molar-refractivity contribution < 1.29 is 9.18 Å². The van der Waals surface area contributed by atoms with Gasteiger partial charge in [-0.3, -0.25) is 9.69 Å². The number of aryl methyl sites for hydroxylation is 1. The molecule has 2 aliphatic rings. The lowest BCUT2D eigenvalue weighted by molar-refractivity contribution is 0.0177. The normalized spacial score (nSPS) is 25.2. The van der Waals surface area contributed by atoms with Gasteiger partial charge in [0.25, 0.3) is 5.91 Å². The van der Waals surface area contributed by atoms with Gasteiger partial charge in [0, 0.05) is 30.2 Å². The van der Waals surface area contributed by atoms with Crippen molar-refractivity contribution in [3.8, 4) is 0 Å². The van der Waals surface area contributed by atoms with Crippen LogP contribution in [0.15, 0.2) is 48.5 Å².